The first-order chi connectivity index (χ1) is 9.56. The summed E-state index contributed by atoms with van der Waals surface area (Å²) in [5.74, 6) is -0.932. The molecule has 1 aliphatic carbocycles. The Morgan fingerprint density at radius 1 is 1.25 bits per heavy atom. The molecule has 20 heavy (non-hydrogen) atoms. The average molecular weight is 276 g/mol. The van der Waals surface area contributed by atoms with Crippen LogP contribution in [0, 0.1) is 11.6 Å². The normalized spacial score (nSPS) is 21.9. The van der Waals surface area contributed by atoms with Gasteiger partial charge in [0.05, 0.1) is 5.52 Å². The zero-order valence-corrected chi connectivity index (χ0v) is 11.8. The molecule has 2 heterocycles. The molecule has 4 rings (SSSR count). The van der Waals surface area contributed by atoms with E-state index in [0.29, 0.717) is 17.3 Å². The van der Waals surface area contributed by atoms with Gasteiger partial charge in [-0.3, -0.25) is 0 Å². The second-order valence-electron chi connectivity index (χ2n) is 6.39. The molecule has 1 saturated carbocycles. The summed E-state index contributed by atoms with van der Waals surface area (Å²) in [4.78, 5) is 2.16. The van der Waals surface area contributed by atoms with E-state index in [0.717, 1.165) is 42.5 Å². The third-order valence-electron chi connectivity index (χ3n) is 4.75. The van der Waals surface area contributed by atoms with Crippen molar-refractivity contribution in [3.8, 4) is 0 Å². The first kappa shape index (κ1) is 12.3. The second-order valence-corrected chi connectivity index (χ2v) is 6.39. The smallest absolute Gasteiger partial charge is 0.168 e. The number of aromatic nitrogens is 1. The number of benzene rings is 1. The number of rotatable bonds is 2. The van der Waals surface area contributed by atoms with Crippen LogP contribution in [0.15, 0.2) is 12.3 Å². The lowest BCUT2D eigenvalue weighted by atomic mass is 9.97. The van der Waals surface area contributed by atoms with Crippen molar-refractivity contribution in [2.75, 3.05) is 14.1 Å². The molecule has 1 fully saturated rings. The third-order valence-corrected chi connectivity index (χ3v) is 4.75. The van der Waals surface area contributed by atoms with E-state index in [-0.39, 0.29) is 0 Å². The van der Waals surface area contributed by atoms with Crippen LogP contribution in [0.2, 0.25) is 0 Å². The zero-order valence-electron chi connectivity index (χ0n) is 11.8. The summed E-state index contributed by atoms with van der Waals surface area (Å²) in [5, 5.41) is 0.541. The minimum absolute atomic E-state index is 0.343. The molecule has 1 aromatic carbocycles. The molecule has 4 heteroatoms. The topological polar surface area (TPSA) is 8.17 Å². The molecule has 2 aromatic rings. The van der Waals surface area contributed by atoms with Crippen molar-refractivity contribution in [2.45, 2.75) is 37.8 Å². The fourth-order valence-corrected chi connectivity index (χ4v) is 3.45. The SMILES string of the molecule is CN(C)C1Cc2cc(F)c(F)c3c(C4CC4)cn(c23)C1. The molecule has 1 aromatic heterocycles. The van der Waals surface area contributed by atoms with Crippen molar-refractivity contribution < 1.29 is 8.78 Å². The monoisotopic (exact) mass is 276 g/mol. The fraction of sp³-hybridized carbons (Fsp3) is 0.500. The lowest BCUT2D eigenvalue weighted by Crippen LogP contribution is -2.36. The highest BCUT2D eigenvalue weighted by atomic mass is 19.2. The van der Waals surface area contributed by atoms with Crippen molar-refractivity contribution in [3.05, 3.63) is 35.0 Å². The first-order valence-corrected chi connectivity index (χ1v) is 7.22. The van der Waals surface area contributed by atoms with Crippen LogP contribution in [0.25, 0.3) is 10.9 Å². The lowest BCUT2D eigenvalue weighted by molar-refractivity contribution is 0.258. The summed E-state index contributed by atoms with van der Waals surface area (Å²) in [6.45, 7) is 0.855. The summed E-state index contributed by atoms with van der Waals surface area (Å²) in [7, 11) is 4.08. The van der Waals surface area contributed by atoms with Gasteiger partial charge in [0.2, 0.25) is 0 Å². The van der Waals surface area contributed by atoms with Crippen LogP contribution in [0.5, 0.6) is 0 Å². The maximum atomic E-state index is 14.3. The molecule has 2 aliphatic rings. The molecule has 1 atom stereocenters. The van der Waals surface area contributed by atoms with Crippen LogP contribution >= 0.6 is 0 Å². The number of nitrogens with zero attached hydrogens (tertiary/aromatic N) is 2. The summed E-state index contributed by atoms with van der Waals surface area (Å²) in [6, 6.07) is 1.73. The van der Waals surface area contributed by atoms with Crippen LogP contribution in [-0.4, -0.2) is 29.6 Å². The van der Waals surface area contributed by atoms with Crippen molar-refractivity contribution >= 4 is 10.9 Å². The Morgan fingerprint density at radius 3 is 2.65 bits per heavy atom. The summed E-state index contributed by atoms with van der Waals surface area (Å²) >= 11 is 0. The molecular formula is C16H18F2N2. The number of likely N-dealkylation sites (N-methyl/N-ethyl adjacent to an activating group) is 1. The molecule has 0 amide bonds. The van der Waals surface area contributed by atoms with Crippen LogP contribution < -0.4 is 0 Å². The Kier molecular flexibility index (Phi) is 2.49. The van der Waals surface area contributed by atoms with Crippen molar-refractivity contribution in [1.29, 1.82) is 0 Å². The van der Waals surface area contributed by atoms with Gasteiger partial charge in [-0.25, -0.2) is 8.78 Å². The van der Waals surface area contributed by atoms with Gasteiger partial charge in [0.25, 0.3) is 0 Å². The molecule has 0 N–H and O–H groups in total. The maximum Gasteiger partial charge on any atom is 0.168 e. The van der Waals surface area contributed by atoms with Crippen molar-refractivity contribution in [2.24, 2.45) is 0 Å². The summed E-state index contributed by atoms with van der Waals surface area (Å²) in [6.07, 6.45) is 5.04. The van der Waals surface area contributed by atoms with Crippen LogP contribution in [0.4, 0.5) is 8.78 Å². The maximum absolute atomic E-state index is 14.3. The van der Waals surface area contributed by atoms with Crippen LogP contribution in [0.1, 0.15) is 29.9 Å². The number of hydrogen-bond acceptors (Lipinski definition) is 1. The molecule has 0 spiro atoms. The third kappa shape index (κ3) is 1.64. The van der Waals surface area contributed by atoms with E-state index in [4.69, 9.17) is 0 Å². The van der Waals surface area contributed by atoms with Crippen LogP contribution in [-0.2, 0) is 13.0 Å². The molecule has 1 unspecified atom stereocenters. The van der Waals surface area contributed by atoms with Gasteiger partial charge in [0.15, 0.2) is 11.6 Å². The van der Waals surface area contributed by atoms with Gasteiger partial charge in [0, 0.05) is 24.2 Å². The van der Waals surface area contributed by atoms with Gasteiger partial charge in [0.1, 0.15) is 0 Å². The van der Waals surface area contributed by atoms with Gasteiger partial charge in [-0.1, -0.05) is 0 Å². The number of hydrogen-bond donors (Lipinski definition) is 0. The van der Waals surface area contributed by atoms with E-state index in [1.54, 1.807) is 0 Å². The van der Waals surface area contributed by atoms with Gasteiger partial charge >= 0.3 is 0 Å². The average Bonchev–Trinajstić information content (AvgIpc) is 3.17. The van der Waals surface area contributed by atoms with Gasteiger partial charge in [-0.15, -0.1) is 0 Å². The molecule has 0 radical (unpaired) electrons. The highest BCUT2D eigenvalue weighted by molar-refractivity contribution is 5.89. The standard InChI is InChI=1S/C16H18F2N2/c1-19(2)11-5-10-6-13(17)15(18)14-12(9-3-4-9)8-20(7-11)16(10)14/h6,8-9,11H,3-5,7H2,1-2H3. The van der Waals surface area contributed by atoms with E-state index >= 15 is 0 Å². The molecule has 1 aliphatic heterocycles. The van der Waals surface area contributed by atoms with Crippen molar-refractivity contribution in [1.82, 2.24) is 9.47 Å². The summed E-state index contributed by atoms with van der Waals surface area (Å²) < 4.78 is 30.3. The lowest BCUT2D eigenvalue weighted by Gasteiger charge is -2.30. The van der Waals surface area contributed by atoms with E-state index in [1.165, 1.54) is 6.07 Å². The van der Waals surface area contributed by atoms with Crippen LogP contribution in [0.3, 0.4) is 0 Å². The summed E-state index contributed by atoms with van der Waals surface area (Å²) in [5.41, 5.74) is 2.87. The van der Waals surface area contributed by atoms with E-state index in [1.807, 2.05) is 14.1 Å². The minimum atomic E-state index is -0.702. The molecule has 2 nitrogen and oxygen atoms in total. The predicted molar refractivity (Wildman–Crippen MR) is 75.0 cm³/mol. The Labute approximate surface area is 117 Å². The quantitative estimate of drug-likeness (QED) is 0.817. The Balaban J connectivity index is 1.98. The molecular weight excluding hydrogens is 258 g/mol. The largest absolute Gasteiger partial charge is 0.345 e. The van der Waals surface area contributed by atoms with E-state index in [9.17, 15) is 8.78 Å². The molecule has 106 valence electrons. The van der Waals surface area contributed by atoms with Gasteiger partial charge in [-0.05, 0) is 56.5 Å². The van der Waals surface area contributed by atoms with E-state index in [2.05, 4.69) is 15.7 Å². The van der Waals surface area contributed by atoms with Gasteiger partial charge < -0.3 is 9.47 Å². The Hall–Kier alpha value is -1.42. The van der Waals surface area contributed by atoms with Gasteiger partial charge in [-0.2, -0.15) is 0 Å². The number of halogens is 2. The van der Waals surface area contributed by atoms with E-state index < -0.39 is 11.6 Å². The Bertz CT molecular complexity index is 698. The zero-order chi connectivity index (χ0) is 14.0. The highest BCUT2D eigenvalue weighted by Gasteiger charge is 2.33. The molecule has 0 saturated heterocycles. The Morgan fingerprint density at radius 2 is 2.00 bits per heavy atom. The minimum Gasteiger partial charge on any atom is -0.345 e. The fourth-order valence-electron chi connectivity index (χ4n) is 3.45. The second kappa shape index (κ2) is 4.04. The highest BCUT2D eigenvalue weighted by Crippen LogP contribution is 2.46. The predicted octanol–water partition coefficient (Wildman–Crippen LogP) is 3.28. The first-order valence-electron chi connectivity index (χ1n) is 7.22. The van der Waals surface area contributed by atoms with Crippen molar-refractivity contribution in [3.63, 3.8) is 0 Å². The molecule has 0 bridgehead atoms.